The maximum absolute atomic E-state index is 11.3. The number of hydrogen-bond acceptors (Lipinski definition) is 4. The van der Waals surface area contributed by atoms with Gasteiger partial charge in [0.1, 0.15) is 0 Å². The Balaban J connectivity index is 2.72. The lowest BCUT2D eigenvalue weighted by Crippen LogP contribution is -2.17. The zero-order chi connectivity index (χ0) is 13.5. The van der Waals surface area contributed by atoms with Crippen molar-refractivity contribution in [3.05, 3.63) is 23.8 Å². The van der Waals surface area contributed by atoms with Gasteiger partial charge in [0.15, 0.2) is 0 Å². The van der Waals surface area contributed by atoms with E-state index >= 15 is 0 Å². The van der Waals surface area contributed by atoms with Crippen LogP contribution in [0.1, 0.15) is 16.8 Å². The molecule has 0 aromatic heterocycles. The van der Waals surface area contributed by atoms with E-state index in [2.05, 4.69) is 10.2 Å². The number of carbonyl (C=O) groups is 1. The van der Waals surface area contributed by atoms with E-state index in [9.17, 15) is 9.90 Å². The van der Waals surface area contributed by atoms with Gasteiger partial charge in [-0.1, -0.05) is 6.07 Å². The highest BCUT2D eigenvalue weighted by atomic mass is 32.2. The van der Waals surface area contributed by atoms with Crippen LogP contribution in [0, 0.1) is 0 Å². The van der Waals surface area contributed by atoms with Gasteiger partial charge in [0.05, 0.1) is 5.56 Å². The fourth-order valence-electron chi connectivity index (χ4n) is 1.69. The maximum Gasteiger partial charge on any atom is 0.338 e. The minimum Gasteiger partial charge on any atom is -0.478 e. The van der Waals surface area contributed by atoms with E-state index in [0.717, 1.165) is 24.4 Å². The van der Waals surface area contributed by atoms with E-state index in [4.69, 9.17) is 0 Å². The van der Waals surface area contributed by atoms with Crippen molar-refractivity contribution in [1.29, 1.82) is 0 Å². The van der Waals surface area contributed by atoms with E-state index in [0.29, 0.717) is 11.3 Å². The van der Waals surface area contributed by atoms with E-state index < -0.39 is 5.97 Å². The summed E-state index contributed by atoms with van der Waals surface area (Å²) in [5, 5.41) is 12.5. The van der Waals surface area contributed by atoms with Crippen LogP contribution >= 0.6 is 11.8 Å². The number of carboxylic acid groups (broad SMARTS) is 1. The molecule has 0 heterocycles. The third-order valence-corrected chi connectivity index (χ3v) is 3.34. The Morgan fingerprint density at radius 3 is 2.72 bits per heavy atom. The van der Waals surface area contributed by atoms with Gasteiger partial charge in [-0.15, -0.1) is 11.8 Å². The Hall–Kier alpha value is -1.20. The lowest BCUT2D eigenvalue weighted by molar-refractivity contribution is 0.0694. The first-order valence-electron chi connectivity index (χ1n) is 5.85. The minimum atomic E-state index is -0.880. The lowest BCUT2D eigenvalue weighted by Gasteiger charge is -2.13. The third-order valence-electron chi connectivity index (χ3n) is 2.56. The molecule has 5 heteroatoms. The molecule has 1 rings (SSSR count). The molecular formula is C13H20N2O2S. The summed E-state index contributed by atoms with van der Waals surface area (Å²) in [6.45, 7) is 1.76. The second-order valence-electron chi connectivity index (χ2n) is 4.27. The van der Waals surface area contributed by atoms with Crippen LogP contribution in [0.5, 0.6) is 0 Å². The monoisotopic (exact) mass is 268 g/mol. The van der Waals surface area contributed by atoms with Crippen molar-refractivity contribution in [3.63, 3.8) is 0 Å². The van der Waals surface area contributed by atoms with Crippen LogP contribution in [0.15, 0.2) is 23.1 Å². The number of thioether (sulfide) groups is 1. The molecule has 1 aromatic rings. The summed E-state index contributed by atoms with van der Waals surface area (Å²) in [7, 11) is 4.05. The average Bonchev–Trinajstić information content (AvgIpc) is 2.33. The van der Waals surface area contributed by atoms with Gasteiger partial charge >= 0.3 is 5.97 Å². The Kier molecular flexibility index (Phi) is 6.01. The first-order valence-corrected chi connectivity index (χ1v) is 7.07. The fraction of sp³-hybridized carbons (Fsp3) is 0.462. The van der Waals surface area contributed by atoms with Crippen molar-refractivity contribution < 1.29 is 9.90 Å². The summed E-state index contributed by atoms with van der Waals surface area (Å²) in [5.41, 5.74) is 1.07. The number of nitrogens with one attached hydrogen (secondary N) is 1. The number of hydrogen-bond donors (Lipinski definition) is 2. The molecule has 0 amide bonds. The molecule has 18 heavy (non-hydrogen) atoms. The summed E-state index contributed by atoms with van der Waals surface area (Å²) >= 11 is 1.45. The Morgan fingerprint density at radius 1 is 1.44 bits per heavy atom. The Labute approximate surface area is 112 Å². The highest BCUT2D eigenvalue weighted by molar-refractivity contribution is 7.98. The molecule has 0 aliphatic heterocycles. The van der Waals surface area contributed by atoms with Crippen LogP contribution in [-0.4, -0.2) is 49.4 Å². The quantitative estimate of drug-likeness (QED) is 0.588. The van der Waals surface area contributed by atoms with Gasteiger partial charge in [-0.25, -0.2) is 4.79 Å². The second kappa shape index (κ2) is 7.28. The van der Waals surface area contributed by atoms with E-state index in [1.165, 1.54) is 11.8 Å². The molecule has 1 aromatic carbocycles. The highest BCUT2D eigenvalue weighted by Gasteiger charge is 2.14. The van der Waals surface area contributed by atoms with Crippen LogP contribution in [0.25, 0.3) is 0 Å². The predicted molar refractivity (Wildman–Crippen MR) is 76.8 cm³/mol. The molecule has 0 spiro atoms. The van der Waals surface area contributed by atoms with E-state index in [-0.39, 0.29) is 0 Å². The average molecular weight is 268 g/mol. The van der Waals surface area contributed by atoms with Crippen molar-refractivity contribution in [2.75, 3.05) is 38.8 Å². The van der Waals surface area contributed by atoms with Crippen molar-refractivity contribution in [2.45, 2.75) is 11.3 Å². The summed E-state index contributed by atoms with van der Waals surface area (Å²) in [6.07, 6.45) is 2.87. The lowest BCUT2D eigenvalue weighted by atomic mass is 10.1. The molecule has 0 unspecified atom stereocenters. The van der Waals surface area contributed by atoms with E-state index in [1.807, 2.05) is 38.6 Å². The van der Waals surface area contributed by atoms with Crippen molar-refractivity contribution in [3.8, 4) is 0 Å². The first-order chi connectivity index (χ1) is 8.56. The molecule has 0 aliphatic rings. The van der Waals surface area contributed by atoms with Crippen LogP contribution in [0.3, 0.4) is 0 Å². The zero-order valence-corrected chi connectivity index (χ0v) is 11.9. The van der Waals surface area contributed by atoms with Gasteiger partial charge in [0, 0.05) is 17.1 Å². The summed E-state index contributed by atoms with van der Waals surface area (Å²) in [5.74, 6) is -0.880. The second-order valence-corrected chi connectivity index (χ2v) is 5.12. The molecule has 0 saturated heterocycles. The molecule has 0 bridgehead atoms. The van der Waals surface area contributed by atoms with Gasteiger partial charge in [0.25, 0.3) is 0 Å². The molecule has 4 nitrogen and oxygen atoms in total. The first kappa shape index (κ1) is 14.9. The number of benzene rings is 1. The van der Waals surface area contributed by atoms with Crippen LogP contribution in [-0.2, 0) is 0 Å². The van der Waals surface area contributed by atoms with Crippen molar-refractivity contribution in [1.82, 2.24) is 4.90 Å². The number of rotatable bonds is 7. The standard InChI is InChI=1S/C13H20N2O2S/c1-15(2)9-5-8-14-10-6-4-7-11(18-3)12(10)13(16)17/h4,6-7,14H,5,8-9H2,1-3H3,(H,16,17). The van der Waals surface area contributed by atoms with Crippen LogP contribution in [0.4, 0.5) is 5.69 Å². The number of nitrogens with zero attached hydrogens (tertiary/aromatic N) is 1. The van der Waals surface area contributed by atoms with Crippen molar-refractivity contribution in [2.24, 2.45) is 0 Å². The predicted octanol–water partition coefficient (Wildman–Crippen LogP) is 2.47. The SMILES string of the molecule is CSc1cccc(NCCCN(C)C)c1C(=O)O. The Bertz CT molecular complexity index is 408. The van der Waals surface area contributed by atoms with Gasteiger partial charge in [-0.05, 0) is 45.4 Å². The number of anilines is 1. The molecule has 0 aliphatic carbocycles. The van der Waals surface area contributed by atoms with Crippen molar-refractivity contribution >= 4 is 23.4 Å². The zero-order valence-electron chi connectivity index (χ0n) is 11.1. The molecular weight excluding hydrogens is 248 g/mol. The summed E-state index contributed by atoms with van der Waals surface area (Å²) in [6, 6.07) is 5.53. The largest absolute Gasteiger partial charge is 0.478 e. The van der Waals surface area contributed by atoms with Crippen LogP contribution in [0.2, 0.25) is 0 Å². The summed E-state index contributed by atoms with van der Waals surface area (Å²) < 4.78 is 0. The number of carboxylic acids is 1. The van der Waals surface area contributed by atoms with Gasteiger partial charge in [-0.2, -0.15) is 0 Å². The molecule has 0 fully saturated rings. The highest BCUT2D eigenvalue weighted by Crippen LogP contribution is 2.27. The topological polar surface area (TPSA) is 52.6 Å². The number of aromatic carboxylic acids is 1. The third kappa shape index (κ3) is 4.23. The Morgan fingerprint density at radius 2 is 2.17 bits per heavy atom. The summed E-state index contributed by atoms with van der Waals surface area (Å²) in [4.78, 5) is 14.2. The minimum absolute atomic E-state index is 0.370. The normalized spacial score (nSPS) is 10.7. The molecule has 0 atom stereocenters. The van der Waals surface area contributed by atoms with Crippen LogP contribution < -0.4 is 5.32 Å². The molecule has 2 N–H and O–H groups in total. The molecule has 0 saturated carbocycles. The van der Waals surface area contributed by atoms with Gasteiger partial charge < -0.3 is 15.3 Å². The van der Waals surface area contributed by atoms with Gasteiger partial charge in [-0.3, -0.25) is 0 Å². The van der Waals surface area contributed by atoms with Gasteiger partial charge in [0.2, 0.25) is 0 Å². The maximum atomic E-state index is 11.3. The molecule has 100 valence electrons. The van der Waals surface area contributed by atoms with E-state index in [1.54, 1.807) is 0 Å². The fourth-order valence-corrected chi connectivity index (χ4v) is 2.30. The smallest absolute Gasteiger partial charge is 0.338 e. The molecule has 0 radical (unpaired) electrons.